The van der Waals surface area contributed by atoms with Crippen LogP contribution in [0.15, 0.2) is 48.5 Å². The molecule has 2 aromatic carbocycles. The van der Waals surface area contributed by atoms with Gasteiger partial charge in [0.05, 0.1) is 12.7 Å². The average molecular weight is 390 g/mol. The van der Waals surface area contributed by atoms with E-state index in [0.29, 0.717) is 35.2 Å². The number of hydrogen-bond donors (Lipinski definition) is 0. The molecule has 0 aromatic heterocycles. The molecule has 0 spiro atoms. The van der Waals surface area contributed by atoms with Crippen molar-refractivity contribution in [1.82, 2.24) is 4.90 Å². The molecule has 27 heavy (non-hydrogen) atoms. The third kappa shape index (κ3) is 5.88. The maximum Gasteiger partial charge on any atom is 0.338 e. The number of hydrogen-bond acceptors (Lipinski definition) is 5. The molecule has 0 N–H and O–H groups in total. The Bertz CT molecular complexity index is 727. The molecular weight excluding hydrogens is 366 g/mol. The Morgan fingerprint density at radius 3 is 2.30 bits per heavy atom. The van der Waals surface area contributed by atoms with Gasteiger partial charge in [-0.3, -0.25) is 4.90 Å². The maximum absolute atomic E-state index is 12.5. The molecule has 1 atom stereocenters. The lowest BCUT2D eigenvalue weighted by molar-refractivity contribution is 0.00809. The highest BCUT2D eigenvalue weighted by Crippen LogP contribution is 2.18. The highest BCUT2D eigenvalue weighted by atomic mass is 35.5. The molecule has 0 amide bonds. The van der Waals surface area contributed by atoms with Gasteiger partial charge < -0.3 is 14.2 Å². The van der Waals surface area contributed by atoms with Gasteiger partial charge in [-0.25, -0.2) is 4.79 Å². The SMILES string of the molecule is COc1ccc(C(=O)O[C@@H](COc2ccc(Cl)cc2)CN2CCCC2)cc1. The third-order valence-electron chi connectivity index (χ3n) is 4.51. The Morgan fingerprint density at radius 1 is 1.04 bits per heavy atom. The van der Waals surface area contributed by atoms with Crippen LogP contribution >= 0.6 is 11.6 Å². The summed E-state index contributed by atoms with van der Waals surface area (Å²) in [4.78, 5) is 14.8. The van der Waals surface area contributed by atoms with Crippen molar-refractivity contribution in [3.63, 3.8) is 0 Å². The van der Waals surface area contributed by atoms with E-state index >= 15 is 0 Å². The Kier molecular flexibility index (Phi) is 6.96. The zero-order valence-electron chi connectivity index (χ0n) is 15.4. The van der Waals surface area contributed by atoms with Crippen molar-refractivity contribution in [2.45, 2.75) is 18.9 Å². The first-order valence-corrected chi connectivity index (χ1v) is 9.47. The van der Waals surface area contributed by atoms with Crippen LogP contribution in [-0.4, -0.2) is 50.3 Å². The highest BCUT2D eigenvalue weighted by Gasteiger charge is 2.22. The molecule has 2 aromatic rings. The number of nitrogens with zero attached hydrogens (tertiary/aromatic N) is 1. The van der Waals surface area contributed by atoms with Crippen molar-refractivity contribution in [3.8, 4) is 11.5 Å². The lowest BCUT2D eigenvalue weighted by Gasteiger charge is -2.24. The lowest BCUT2D eigenvalue weighted by atomic mass is 10.2. The molecule has 3 rings (SSSR count). The van der Waals surface area contributed by atoms with E-state index in [1.165, 1.54) is 12.8 Å². The number of ether oxygens (including phenoxy) is 3. The van der Waals surface area contributed by atoms with E-state index in [4.69, 9.17) is 25.8 Å². The molecule has 0 bridgehead atoms. The van der Waals surface area contributed by atoms with Crippen LogP contribution in [0.1, 0.15) is 23.2 Å². The average Bonchev–Trinajstić information content (AvgIpc) is 3.20. The van der Waals surface area contributed by atoms with E-state index in [1.807, 2.05) is 0 Å². The minimum Gasteiger partial charge on any atom is -0.497 e. The number of likely N-dealkylation sites (tertiary alicyclic amines) is 1. The minimum absolute atomic E-state index is 0.292. The quantitative estimate of drug-likeness (QED) is 0.637. The second-order valence-corrected chi connectivity index (χ2v) is 6.96. The Labute approximate surface area is 164 Å². The summed E-state index contributed by atoms with van der Waals surface area (Å²) in [5, 5.41) is 0.655. The third-order valence-corrected chi connectivity index (χ3v) is 4.76. The summed E-state index contributed by atoms with van der Waals surface area (Å²) in [6.07, 6.45) is 2.00. The van der Waals surface area contributed by atoms with Crippen LogP contribution in [0.3, 0.4) is 0 Å². The molecule has 0 aliphatic carbocycles. The molecule has 1 aliphatic rings. The van der Waals surface area contributed by atoms with Crippen molar-refractivity contribution < 1.29 is 19.0 Å². The van der Waals surface area contributed by atoms with Gasteiger partial charge in [-0.15, -0.1) is 0 Å². The minimum atomic E-state index is -0.360. The summed E-state index contributed by atoms with van der Waals surface area (Å²) in [7, 11) is 1.59. The molecule has 1 aliphatic heterocycles. The molecule has 5 nitrogen and oxygen atoms in total. The van der Waals surface area contributed by atoms with E-state index < -0.39 is 0 Å². The zero-order valence-corrected chi connectivity index (χ0v) is 16.2. The van der Waals surface area contributed by atoms with E-state index in [9.17, 15) is 4.79 Å². The highest BCUT2D eigenvalue weighted by molar-refractivity contribution is 6.30. The van der Waals surface area contributed by atoms with Gasteiger partial charge in [0.25, 0.3) is 0 Å². The number of esters is 1. The maximum atomic E-state index is 12.5. The van der Waals surface area contributed by atoms with Crippen molar-refractivity contribution >= 4 is 17.6 Å². The topological polar surface area (TPSA) is 48.0 Å². The Hall–Kier alpha value is -2.24. The molecule has 0 radical (unpaired) electrons. The first-order chi connectivity index (χ1) is 13.1. The van der Waals surface area contributed by atoms with Crippen LogP contribution in [0.25, 0.3) is 0 Å². The zero-order chi connectivity index (χ0) is 19.1. The molecule has 0 unspecified atom stereocenters. The van der Waals surface area contributed by atoms with Crippen LogP contribution in [0.4, 0.5) is 0 Å². The molecule has 0 saturated carbocycles. The van der Waals surface area contributed by atoms with Crippen LogP contribution in [0.2, 0.25) is 5.02 Å². The summed E-state index contributed by atoms with van der Waals surface area (Å²) in [6.45, 7) is 3.00. The lowest BCUT2D eigenvalue weighted by Crippen LogP contribution is -2.37. The smallest absolute Gasteiger partial charge is 0.338 e. The fourth-order valence-electron chi connectivity index (χ4n) is 3.04. The summed E-state index contributed by atoms with van der Waals surface area (Å²) < 4.78 is 16.7. The predicted octanol–water partition coefficient (Wildman–Crippen LogP) is 4.05. The van der Waals surface area contributed by atoms with Crippen LogP contribution in [0.5, 0.6) is 11.5 Å². The van der Waals surface area contributed by atoms with Gasteiger partial charge in [-0.1, -0.05) is 11.6 Å². The van der Waals surface area contributed by atoms with Gasteiger partial charge in [-0.2, -0.15) is 0 Å². The molecule has 1 saturated heterocycles. The normalized spacial score (nSPS) is 15.3. The number of benzene rings is 2. The Balaban J connectivity index is 1.62. The summed E-state index contributed by atoms with van der Waals surface area (Å²) >= 11 is 5.91. The van der Waals surface area contributed by atoms with Gasteiger partial charge in [0.1, 0.15) is 24.2 Å². The van der Waals surface area contributed by atoms with E-state index in [1.54, 1.807) is 55.6 Å². The largest absolute Gasteiger partial charge is 0.497 e. The van der Waals surface area contributed by atoms with Crippen LogP contribution in [0, 0.1) is 0 Å². The second-order valence-electron chi connectivity index (χ2n) is 6.53. The standard InChI is InChI=1S/C21H24ClNO4/c1-25-18-8-4-16(5-9-18)21(24)27-20(14-23-12-2-3-13-23)15-26-19-10-6-17(22)7-11-19/h4-11,20H,2-3,12-15H2,1H3/t20-/m1/s1. The fourth-order valence-corrected chi connectivity index (χ4v) is 3.17. The summed E-state index contributed by atoms with van der Waals surface area (Å²) in [6, 6.07) is 14.1. The molecular formula is C21H24ClNO4. The fraction of sp³-hybridized carbons (Fsp3) is 0.381. The summed E-state index contributed by atoms with van der Waals surface area (Å²) in [5.41, 5.74) is 0.494. The van der Waals surface area contributed by atoms with Gasteiger partial charge in [0.2, 0.25) is 0 Å². The van der Waals surface area contributed by atoms with E-state index in [2.05, 4.69) is 4.90 Å². The Morgan fingerprint density at radius 2 is 1.67 bits per heavy atom. The van der Waals surface area contributed by atoms with Gasteiger partial charge in [0.15, 0.2) is 0 Å². The van der Waals surface area contributed by atoms with Crippen molar-refractivity contribution in [3.05, 3.63) is 59.1 Å². The second kappa shape index (κ2) is 9.62. The number of halogens is 1. The number of methoxy groups -OCH3 is 1. The van der Waals surface area contributed by atoms with Crippen LogP contribution in [-0.2, 0) is 4.74 Å². The molecule has 1 fully saturated rings. The van der Waals surface area contributed by atoms with Crippen molar-refractivity contribution in [1.29, 1.82) is 0 Å². The number of rotatable bonds is 8. The van der Waals surface area contributed by atoms with E-state index in [0.717, 1.165) is 13.1 Å². The van der Waals surface area contributed by atoms with Gasteiger partial charge >= 0.3 is 5.97 Å². The van der Waals surface area contributed by atoms with Crippen LogP contribution < -0.4 is 9.47 Å². The molecule has 144 valence electrons. The number of carbonyl (C=O) groups excluding carboxylic acids is 1. The monoisotopic (exact) mass is 389 g/mol. The van der Waals surface area contributed by atoms with Gasteiger partial charge in [0, 0.05) is 11.6 Å². The van der Waals surface area contributed by atoms with Crippen molar-refractivity contribution in [2.24, 2.45) is 0 Å². The predicted molar refractivity (Wildman–Crippen MR) is 105 cm³/mol. The number of carbonyl (C=O) groups is 1. The van der Waals surface area contributed by atoms with Gasteiger partial charge in [-0.05, 0) is 74.5 Å². The molecule has 6 heteroatoms. The summed E-state index contributed by atoms with van der Waals surface area (Å²) in [5.74, 6) is 1.04. The molecule has 1 heterocycles. The first-order valence-electron chi connectivity index (χ1n) is 9.10. The first kappa shape index (κ1) is 19.5. The van der Waals surface area contributed by atoms with Crippen molar-refractivity contribution in [2.75, 3.05) is 33.4 Å². The van der Waals surface area contributed by atoms with E-state index in [-0.39, 0.29) is 12.1 Å².